The van der Waals surface area contributed by atoms with Crippen molar-refractivity contribution in [3.8, 4) is 0 Å². The third kappa shape index (κ3) is 6.45. The number of carbonyl (C=O) groups excluding carboxylic acids is 4. The lowest BCUT2D eigenvalue weighted by Gasteiger charge is -2.19. The van der Waals surface area contributed by atoms with Crippen LogP contribution >= 0.6 is 0 Å². The van der Waals surface area contributed by atoms with Crippen molar-refractivity contribution in [3.05, 3.63) is 0 Å². The zero-order valence-corrected chi connectivity index (χ0v) is 12.6. The Bertz CT molecular complexity index is 379. The van der Waals surface area contributed by atoms with Gasteiger partial charge in [0.25, 0.3) is 0 Å². The highest BCUT2D eigenvalue weighted by molar-refractivity contribution is 5.94. The smallest absolute Gasteiger partial charge is 0.223 e. The van der Waals surface area contributed by atoms with Crippen LogP contribution in [0.4, 0.5) is 0 Å². The summed E-state index contributed by atoms with van der Waals surface area (Å²) >= 11 is 0. The lowest BCUT2D eigenvalue weighted by Crippen LogP contribution is -2.45. The van der Waals surface area contributed by atoms with E-state index < -0.39 is 12.0 Å². The van der Waals surface area contributed by atoms with Crippen molar-refractivity contribution < 1.29 is 19.2 Å². The molecule has 0 radical (unpaired) electrons. The number of ketones is 2. The monoisotopic (exact) mass is 284 g/mol. The second-order valence-corrected chi connectivity index (χ2v) is 4.76. The maximum Gasteiger partial charge on any atom is 0.223 e. The zero-order chi connectivity index (χ0) is 15.7. The summed E-state index contributed by atoms with van der Waals surface area (Å²) in [5.74, 6) is -1.38. The van der Waals surface area contributed by atoms with Crippen molar-refractivity contribution in [2.24, 2.45) is 5.92 Å². The largest absolute Gasteiger partial charge is 0.359 e. The average molecular weight is 284 g/mol. The van der Waals surface area contributed by atoms with E-state index >= 15 is 0 Å². The molecule has 0 aliphatic heterocycles. The van der Waals surface area contributed by atoms with Crippen molar-refractivity contribution in [2.75, 3.05) is 7.05 Å². The Balaban J connectivity index is 4.63. The van der Waals surface area contributed by atoms with Gasteiger partial charge in [-0.3, -0.25) is 19.2 Å². The third-order valence-corrected chi connectivity index (χ3v) is 3.10. The summed E-state index contributed by atoms with van der Waals surface area (Å²) in [7, 11) is 1.47. The number of carbonyl (C=O) groups is 4. The predicted molar refractivity (Wildman–Crippen MR) is 75.0 cm³/mol. The van der Waals surface area contributed by atoms with Crippen LogP contribution in [0.1, 0.15) is 46.5 Å². The van der Waals surface area contributed by atoms with E-state index in [1.165, 1.54) is 7.05 Å². The van der Waals surface area contributed by atoms with E-state index in [1.54, 1.807) is 20.8 Å². The van der Waals surface area contributed by atoms with Gasteiger partial charge in [0, 0.05) is 32.2 Å². The normalized spacial score (nSPS) is 13.2. The van der Waals surface area contributed by atoms with E-state index in [2.05, 4.69) is 10.6 Å². The fraction of sp³-hybridized carbons (Fsp3) is 0.714. The highest BCUT2D eigenvalue weighted by Crippen LogP contribution is 2.07. The van der Waals surface area contributed by atoms with Gasteiger partial charge >= 0.3 is 0 Å². The number of hydrogen-bond acceptors (Lipinski definition) is 4. The lowest BCUT2D eigenvalue weighted by molar-refractivity contribution is -0.133. The van der Waals surface area contributed by atoms with Crippen molar-refractivity contribution in [3.63, 3.8) is 0 Å². The molecule has 2 unspecified atom stereocenters. The molecule has 2 atom stereocenters. The molecule has 0 aromatic carbocycles. The van der Waals surface area contributed by atoms with Gasteiger partial charge in [-0.2, -0.15) is 0 Å². The number of amides is 2. The molecule has 20 heavy (non-hydrogen) atoms. The number of rotatable bonds is 9. The molecule has 0 aliphatic carbocycles. The van der Waals surface area contributed by atoms with Crippen LogP contribution in [-0.2, 0) is 19.2 Å². The van der Waals surface area contributed by atoms with Crippen molar-refractivity contribution in [1.29, 1.82) is 0 Å². The van der Waals surface area contributed by atoms with Crippen LogP contribution in [0.5, 0.6) is 0 Å². The Morgan fingerprint density at radius 2 is 1.60 bits per heavy atom. The van der Waals surface area contributed by atoms with Gasteiger partial charge in [0.1, 0.15) is 5.78 Å². The second-order valence-electron chi connectivity index (χ2n) is 4.76. The van der Waals surface area contributed by atoms with E-state index in [1.807, 2.05) is 0 Å². The maximum absolute atomic E-state index is 11.9. The van der Waals surface area contributed by atoms with E-state index in [0.717, 1.165) is 0 Å². The van der Waals surface area contributed by atoms with Gasteiger partial charge in [-0.25, -0.2) is 0 Å². The van der Waals surface area contributed by atoms with Crippen molar-refractivity contribution in [2.45, 2.75) is 52.5 Å². The summed E-state index contributed by atoms with van der Waals surface area (Å²) in [5.41, 5.74) is 0. The summed E-state index contributed by atoms with van der Waals surface area (Å²) in [5, 5.41) is 4.98. The minimum atomic E-state index is -0.827. The summed E-state index contributed by atoms with van der Waals surface area (Å²) in [6, 6.07) is -0.827. The molecule has 0 aromatic heterocycles. The molecule has 0 fully saturated rings. The van der Waals surface area contributed by atoms with Crippen LogP contribution in [0.25, 0.3) is 0 Å². The van der Waals surface area contributed by atoms with Crippen LogP contribution in [0.15, 0.2) is 0 Å². The van der Waals surface area contributed by atoms with Crippen LogP contribution < -0.4 is 10.6 Å². The molecule has 2 N–H and O–H groups in total. The Morgan fingerprint density at radius 3 is 2.05 bits per heavy atom. The van der Waals surface area contributed by atoms with Crippen LogP contribution in [0, 0.1) is 5.92 Å². The molecule has 2 amide bonds. The van der Waals surface area contributed by atoms with E-state index in [4.69, 9.17) is 0 Å². The van der Waals surface area contributed by atoms with E-state index in [-0.39, 0.29) is 42.6 Å². The van der Waals surface area contributed by atoms with E-state index in [9.17, 15) is 19.2 Å². The minimum absolute atomic E-state index is 0.00248. The van der Waals surface area contributed by atoms with Gasteiger partial charge in [0.2, 0.25) is 11.8 Å². The zero-order valence-electron chi connectivity index (χ0n) is 12.6. The third-order valence-electron chi connectivity index (χ3n) is 3.10. The molecular weight excluding hydrogens is 260 g/mol. The SMILES string of the molecule is CCC(=O)CC(C)C(=O)NC(CC(=O)NC)C(=O)CC. The van der Waals surface area contributed by atoms with Crippen LogP contribution in [-0.4, -0.2) is 36.5 Å². The molecule has 6 heteroatoms. The molecular formula is C14H24N2O4. The maximum atomic E-state index is 11.9. The first-order chi connectivity index (χ1) is 9.35. The quantitative estimate of drug-likeness (QED) is 0.648. The van der Waals surface area contributed by atoms with Gasteiger partial charge in [0.15, 0.2) is 5.78 Å². The Morgan fingerprint density at radius 1 is 1.00 bits per heavy atom. The summed E-state index contributed by atoms with van der Waals surface area (Å²) in [6.07, 6.45) is 0.691. The van der Waals surface area contributed by atoms with Crippen molar-refractivity contribution >= 4 is 23.4 Å². The minimum Gasteiger partial charge on any atom is -0.359 e. The average Bonchev–Trinajstić information content (AvgIpc) is 2.44. The first-order valence-electron chi connectivity index (χ1n) is 6.90. The number of nitrogens with one attached hydrogen (secondary N) is 2. The Labute approximate surface area is 119 Å². The molecule has 0 bridgehead atoms. The van der Waals surface area contributed by atoms with Crippen molar-refractivity contribution in [1.82, 2.24) is 10.6 Å². The van der Waals surface area contributed by atoms with Gasteiger partial charge in [0.05, 0.1) is 12.5 Å². The molecule has 0 spiro atoms. The number of Topliss-reactive ketones (excluding diaryl/α,β-unsaturated/α-hetero) is 2. The highest BCUT2D eigenvalue weighted by Gasteiger charge is 2.25. The Kier molecular flexibility index (Phi) is 8.43. The predicted octanol–water partition coefficient (Wildman–Crippen LogP) is 0.592. The Hall–Kier alpha value is -1.72. The molecule has 6 nitrogen and oxygen atoms in total. The summed E-state index contributed by atoms with van der Waals surface area (Å²) in [6.45, 7) is 5.05. The first-order valence-corrected chi connectivity index (χ1v) is 6.90. The molecule has 0 aliphatic rings. The first kappa shape index (κ1) is 18.3. The van der Waals surface area contributed by atoms with Gasteiger partial charge < -0.3 is 10.6 Å². The number of hydrogen-bond donors (Lipinski definition) is 2. The fourth-order valence-corrected chi connectivity index (χ4v) is 1.67. The molecule has 114 valence electrons. The second kappa shape index (κ2) is 9.23. The molecule has 0 saturated heterocycles. The molecule has 0 aromatic rings. The van der Waals surface area contributed by atoms with Crippen LogP contribution in [0.2, 0.25) is 0 Å². The van der Waals surface area contributed by atoms with Gasteiger partial charge in [-0.1, -0.05) is 20.8 Å². The molecule has 0 rings (SSSR count). The van der Waals surface area contributed by atoms with Crippen LogP contribution in [0.3, 0.4) is 0 Å². The fourth-order valence-electron chi connectivity index (χ4n) is 1.67. The topological polar surface area (TPSA) is 92.3 Å². The lowest BCUT2D eigenvalue weighted by atomic mass is 10.0. The molecule has 0 saturated carbocycles. The highest BCUT2D eigenvalue weighted by atomic mass is 16.2. The van der Waals surface area contributed by atoms with Gasteiger partial charge in [-0.05, 0) is 0 Å². The van der Waals surface area contributed by atoms with Gasteiger partial charge in [-0.15, -0.1) is 0 Å². The van der Waals surface area contributed by atoms with E-state index in [0.29, 0.717) is 6.42 Å². The standard InChI is InChI=1S/C14H24N2O4/c1-5-10(17)7-9(3)14(20)16-11(12(18)6-2)8-13(19)15-4/h9,11H,5-8H2,1-4H3,(H,15,19)(H,16,20). The summed E-state index contributed by atoms with van der Waals surface area (Å²) < 4.78 is 0. The molecule has 0 heterocycles. The summed E-state index contributed by atoms with van der Waals surface area (Å²) in [4.78, 5) is 46.4.